The zero-order valence-electron chi connectivity index (χ0n) is 14.5. The van der Waals surface area contributed by atoms with Gasteiger partial charge < -0.3 is 15.0 Å². The Hall–Kier alpha value is -3.26. The maximum absolute atomic E-state index is 13.0. The number of primary amides is 1. The Kier molecular flexibility index (Phi) is 6.00. The van der Waals surface area contributed by atoms with Gasteiger partial charge in [-0.2, -0.15) is 4.98 Å². The molecule has 1 heterocycles. The van der Waals surface area contributed by atoms with Crippen LogP contribution < -0.4 is 5.73 Å². The van der Waals surface area contributed by atoms with Crippen molar-refractivity contribution in [2.24, 2.45) is 5.73 Å². The van der Waals surface area contributed by atoms with Gasteiger partial charge in [0.05, 0.1) is 6.42 Å². The molecule has 0 saturated carbocycles. The maximum Gasteiger partial charge on any atom is 0.307 e. The summed E-state index contributed by atoms with van der Waals surface area (Å²) in [6, 6.07) is 11.8. The normalized spacial score (nSPS) is 11.8. The van der Waals surface area contributed by atoms with E-state index in [4.69, 9.17) is 26.6 Å². The molecule has 3 aromatic rings. The minimum absolute atomic E-state index is 0.104. The summed E-state index contributed by atoms with van der Waals surface area (Å²) >= 11 is 5.84. The van der Waals surface area contributed by atoms with Crippen molar-refractivity contribution in [2.75, 3.05) is 0 Å². The van der Waals surface area contributed by atoms with Crippen LogP contribution in [-0.4, -0.2) is 22.0 Å². The van der Waals surface area contributed by atoms with E-state index >= 15 is 0 Å². The summed E-state index contributed by atoms with van der Waals surface area (Å²) in [5, 5.41) is 4.43. The van der Waals surface area contributed by atoms with E-state index in [0.717, 1.165) is 12.1 Å². The third kappa shape index (κ3) is 4.92. The van der Waals surface area contributed by atoms with Crippen LogP contribution in [0.5, 0.6) is 0 Å². The second-order valence-corrected chi connectivity index (χ2v) is 6.28. The summed E-state index contributed by atoms with van der Waals surface area (Å²) in [5.74, 6) is -1.42. The SMILES string of the molecule is NC(=O)[C@@H](OC(=O)CCc1nc(-c2ccc(Cl)cc2)no1)c1ccc(F)cc1. The maximum atomic E-state index is 13.0. The molecule has 2 N–H and O–H groups in total. The smallest absolute Gasteiger partial charge is 0.307 e. The molecule has 0 aliphatic carbocycles. The van der Waals surface area contributed by atoms with Crippen molar-refractivity contribution in [3.63, 3.8) is 0 Å². The van der Waals surface area contributed by atoms with E-state index in [-0.39, 0.29) is 24.3 Å². The predicted molar refractivity (Wildman–Crippen MR) is 97.5 cm³/mol. The Morgan fingerprint density at radius 3 is 2.46 bits per heavy atom. The Labute approximate surface area is 164 Å². The highest BCUT2D eigenvalue weighted by Gasteiger charge is 2.23. The number of rotatable bonds is 7. The summed E-state index contributed by atoms with van der Waals surface area (Å²) in [7, 11) is 0. The van der Waals surface area contributed by atoms with Crippen molar-refractivity contribution in [2.45, 2.75) is 18.9 Å². The van der Waals surface area contributed by atoms with Gasteiger partial charge in [0.25, 0.3) is 5.91 Å². The number of hydrogen-bond donors (Lipinski definition) is 1. The zero-order valence-corrected chi connectivity index (χ0v) is 15.2. The monoisotopic (exact) mass is 403 g/mol. The van der Waals surface area contributed by atoms with Crippen LogP contribution in [0.1, 0.15) is 24.0 Å². The molecule has 0 aliphatic heterocycles. The number of ether oxygens (including phenoxy) is 1. The zero-order chi connectivity index (χ0) is 20.1. The first kappa shape index (κ1) is 19.5. The van der Waals surface area contributed by atoms with Gasteiger partial charge in [0, 0.05) is 22.6 Å². The number of nitrogens with zero attached hydrogens (tertiary/aromatic N) is 2. The van der Waals surface area contributed by atoms with Crippen LogP contribution in [0.4, 0.5) is 4.39 Å². The molecule has 1 atom stereocenters. The average molecular weight is 404 g/mol. The molecule has 28 heavy (non-hydrogen) atoms. The van der Waals surface area contributed by atoms with Crippen LogP contribution in [0.3, 0.4) is 0 Å². The van der Waals surface area contributed by atoms with E-state index in [0.29, 0.717) is 16.4 Å². The standard InChI is InChI=1S/C19H15ClFN3O4/c20-13-5-1-12(2-6-13)19-23-15(28-24-19)9-10-16(25)27-17(18(22)26)11-3-7-14(21)8-4-11/h1-8,17H,9-10H2,(H2,22,26)/t17-/m0/s1. The van der Waals surface area contributed by atoms with Gasteiger partial charge in [-0.1, -0.05) is 28.9 Å². The van der Waals surface area contributed by atoms with Crippen molar-refractivity contribution in [3.8, 4) is 11.4 Å². The molecule has 3 rings (SSSR count). The Bertz CT molecular complexity index is 974. The highest BCUT2D eigenvalue weighted by atomic mass is 35.5. The molecule has 0 bridgehead atoms. The lowest BCUT2D eigenvalue weighted by Crippen LogP contribution is -2.26. The molecule has 9 heteroatoms. The minimum atomic E-state index is -1.31. The Balaban J connectivity index is 1.59. The summed E-state index contributed by atoms with van der Waals surface area (Å²) in [5.41, 5.74) is 6.28. The number of halogens is 2. The predicted octanol–water partition coefficient (Wildman–Crippen LogP) is 3.23. The summed E-state index contributed by atoms with van der Waals surface area (Å²) in [6.07, 6.45) is -1.29. The lowest BCUT2D eigenvalue weighted by molar-refractivity contribution is -0.155. The first-order valence-electron chi connectivity index (χ1n) is 8.25. The van der Waals surface area contributed by atoms with E-state index in [1.165, 1.54) is 12.1 Å². The highest BCUT2D eigenvalue weighted by molar-refractivity contribution is 6.30. The van der Waals surface area contributed by atoms with Crippen LogP contribution in [0, 0.1) is 5.82 Å². The summed E-state index contributed by atoms with van der Waals surface area (Å²) < 4.78 is 23.3. The quantitative estimate of drug-likeness (QED) is 0.607. The van der Waals surface area contributed by atoms with E-state index in [9.17, 15) is 14.0 Å². The fraction of sp³-hybridized carbons (Fsp3) is 0.158. The van der Waals surface area contributed by atoms with Gasteiger partial charge in [-0.15, -0.1) is 0 Å². The van der Waals surface area contributed by atoms with Gasteiger partial charge >= 0.3 is 5.97 Å². The van der Waals surface area contributed by atoms with E-state index < -0.39 is 23.8 Å². The first-order chi connectivity index (χ1) is 13.4. The van der Waals surface area contributed by atoms with Crippen LogP contribution in [0.2, 0.25) is 5.02 Å². The molecule has 0 aliphatic rings. The second-order valence-electron chi connectivity index (χ2n) is 5.84. The topological polar surface area (TPSA) is 108 Å². The number of carbonyl (C=O) groups excluding carboxylic acids is 2. The van der Waals surface area contributed by atoms with Crippen LogP contribution in [0.15, 0.2) is 53.1 Å². The molecule has 144 valence electrons. The molecule has 0 unspecified atom stereocenters. The lowest BCUT2D eigenvalue weighted by Gasteiger charge is -2.14. The van der Waals surface area contributed by atoms with Gasteiger partial charge in [-0.25, -0.2) is 4.39 Å². The number of benzene rings is 2. The van der Waals surface area contributed by atoms with E-state index in [2.05, 4.69) is 10.1 Å². The molecule has 0 radical (unpaired) electrons. The fourth-order valence-electron chi connectivity index (χ4n) is 2.40. The molecule has 1 aromatic heterocycles. The Morgan fingerprint density at radius 1 is 1.14 bits per heavy atom. The molecule has 0 saturated heterocycles. The lowest BCUT2D eigenvalue weighted by atomic mass is 10.1. The Morgan fingerprint density at radius 2 is 1.82 bits per heavy atom. The van der Waals surface area contributed by atoms with Gasteiger partial charge in [0.1, 0.15) is 5.82 Å². The molecule has 0 fully saturated rings. The number of hydrogen-bond acceptors (Lipinski definition) is 6. The molecular formula is C19H15ClFN3O4. The third-order valence-corrected chi connectivity index (χ3v) is 4.05. The number of aryl methyl sites for hydroxylation is 1. The molecule has 7 nitrogen and oxygen atoms in total. The second kappa shape index (κ2) is 8.62. The number of nitrogens with two attached hydrogens (primary N) is 1. The van der Waals surface area contributed by atoms with Gasteiger partial charge in [0.2, 0.25) is 17.8 Å². The average Bonchev–Trinajstić information content (AvgIpc) is 3.15. The number of aromatic nitrogens is 2. The van der Waals surface area contributed by atoms with Crippen molar-refractivity contribution < 1.29 is 23.2 Å². The molecule has 2 aromatic carbocycles. The molecule has 0 spiro atoms. The van der Waals surface area contributed by atoms with E-state index in [1.807, 2.05) is 0 Å². The molecule has 1 amide bonds. The highest BCUT2D eigenvalue weighted by Crippen LogP contribution is 2.20. The van der Waals surface area contributed by atoms with Gasteiger partial charge in [-0.05, 0) is 36.4 Å². The minimum Gasteiger partial charge on any atom is -0.447 e. The van der Waals surface area contributed by atoms with Crippen LogP contribution >= 0.6 is 11.6 Å². The fourth-order valence-corrected chi connectivity index (χ4v) is 2.53. The van der Waals surface area contributed by atoms with Crippen LogP contribution in [-0.2, 0) is 20.7 Å². The van der Waals surface area contributed by atoms with Crippen molar-refractivity contribution in [1.82, 2.24) is 10.1 Å². The summed E-state index contributed by atoms with van der Waals surface area (Å²) in [4.78, 5) is 27.9. The third-order valence-electron chi connectivity index (χ3n) is 3.79. The molecular weight excluding hydrogens is 389 g/mol. The van der Waals surface area contributed by atoms with Gasteiger partial charge in [-0.3, -0.25) is 9.59 Å². The number of carbonyl (C=O) groups is 2. The van der Waals surface area contributed by atoms with Gasteiger partial charge in [0.15, 0.2) is 0 Å². The van der Waals surface area contributed by atoms with Crippen molar-refractivity contribution in [1.29, 1.82) is 0 Å². The van der Waals surface area contributed by atoms with E-state index in [1.54, 1.807) is 24.3 Å². The van der Waals surface area contributed by atoms with Crippen molar-refractivity contribution >= 4 is 23.5 Å². The number of amides is 1. The van der Waals surface area contributed by atoms with Crippen LogP contribution in [0.25, 0.3) is 11.4 Å². The largest absolute Gasteiger partial charge is 0.447 e. The summed E-state index contributed by atoms with van der Waals surface area (Å²) in [6.45, 7) is 0. The first-order valence-corrected chi connectivity index (χ1v) is 8.63. The number of esters is 1. The van der Waals surface area contributed by atoms with Crippen molar-refractivity contribution in [3.05, 3.63) is 70.8 Å².